The Bertz CT molecular complexity index is 1700. The summed E-state index contributed by atoms with van der Waals surface area (Å²) in [4.78, 5) is 0. The zero-order valence-corrected chi connectivity index (χ0v) is 32.1. The predicted molar refractivity (Wildman–Crippen MR) is 200 cm³/mol. The molecule has 8 atom stereocenters. The fraction of sp³-hybridized carbons (Fsp3) is 0.429. The molecule has 4 aromatic rings. The van der Waals surface area contributed by atoms with Gasteiger partial charge >= 0.3 is 0 Å². The Morgan fingerprint density at radius 2 is 0.774 bits per heavy atom. The third-order valence-corrected chi connectivity index (χ3v) is 10.1. The fourth-order valence-electron chi connectivity index (χ4n) is 6.78. The number of methoxy groups -OCH3 is 6. The summed E-state index contributed by atoms with van der Waals surface area (Å²) in [5.74, 6) is 4.62. The summed E-state index contributed by atoms with van der Waals surface area (Å²) in [6, 6.07) is 22.1. The first kappa shape index (κ1) is 39.4. The first-order valence-electron chi connectivity index (χ1n) is 17.6. The lowest BCUT2D eigenvalue weighted by Gasteiger charge is -2.24. The highest BCUT2D eigenvalue weighted by Gasteiger charge is 2.41. The molecule has 0 aliphatic carbocycles. The molecule has 11 heteroatoms. The number of hydrogen-bond acceptors (Lipinski definition) is 11. The minimum Gasteiger partial charge on any atom is -0.493 e. The minimum absolute atomic E-state index is 0.167. The van der Waals surface area contributed by atoms with E-state index in [1.807, 2.05) is 36.4 Å². The molecule has 1 aliphatic heterocycles. The lowest BCUT2D eigenvalue weighted by Crippen LogP contribution is -2.22. The van der Waals surface area contributed by atoms with Crippen LogP contribution in [0.5, 0.6) is 46.0 Å². The van der Waals surface area contributed by atoms with Crippen LogP contribution in [0, 0.1) is 11.8 Å². The van der Waals surface area contributed by atoms with Crippen LogP contribution in [0.15, 0.2) is 72.8 Å². The normalized spacial score (nSPS) is 20.5. The molecule has 0 aromatic heterocycles. The maximum Gasteiger partial charge on any atom is 0.161 e. The van der Waals surface area contributed by atoms with Crippen molar-refractivity contribution in [2.75, 3.05) is 42.7 Å². The number of benzene rings is 4. The van der Waals surface area contributed by atoms with Crippen LogP contribution in [0.3, 0.4) is 0 Å². The molecule has 1 fully saturated rings. The quantitative estimate of drug-likeness (QED) is 0.117. The predicted octanol–water partition coefficient (Wildman–Crippen LogP) is 7.82. The Hall–Kier alpha value is -4.84. The molecule has 0 unspecified atom stereocenters. The topological polar surface area (TPSA) is 124 Å². The van der Waals surface area contributed by atoms with Gasteiger partial charge in [0.25, 0.3) is 0 Å². The summed E-state index contributed by atoms with van der Waals surface area (Å²) in [5, 5.41) is 22.2. The number of rotatable bonds is 16. The van der Waals surface area contributed by atoms with Crippen molar-refractivity contribution in [1.82, 2.24) is 0 Å². The molecule has 0 amide bonds. The average Bonchev–Trinajstić information content (AvgIpc) is 3.49. The van der Waals surface area contributed by atoms with Crippen molar-refractivity contribution >= 4 is 0 Å². The molecular weight excluding hydrogens is 680 g/mol. The van der Waals surface area contributed by atoms with Crippen molar-refractivity contribution in [2.24, 2.45) is 11.8 Å². The van der Waals surface area contributed by atoms with Gasteiger partial charge in [-0.2, -0.15) is 0 Å². The number of aliphatic hydroxyl groups is 2. The summed E-state index contributed by atoms with van der Waals surface area (Å²) in [6.07, 6.45) is -3.49. The van der Waals surface area contributed by atoms with Crippen LogP contribution >= 0.6 is 0 Å². The van der Waals surface area contributed by atoms with Gasteiger partial charge in [-0.3, -0.25) is 0 Å². The second kappa shape index (κ2) is 17.3. The van der Waals surface area contributed by atoms with Gasteiger partial charge in [0.2, 0.25) is 0 Å². The summed E-state index contributed by atoms with van der Waals surface area (Å²) in [5.41, 5.74) is 3.18. The van der Waals surface area contributed by atoms with Crippen molar-refractivity contribution in [3.63, 3.8) is 0 Å². The lowest BCUT2D eigenvalue weighted by molar-refractivity contribution is 0.0281. The van der Waals surface area contributed by atoms with Crippen LogP contribution in [0.4, 0.5) is 0 Å². The fourth-order valence-corrected chi connectivity index (χ4v) is 6.78. The van der Waals surface area contributed by atoms with Crippen molar-refractivity contribution in [1.29, 1.82) is 0 Å². The van der Waals surface area contributed by atoms with E-state index >= 15 is 0 Å². The highest BCUT2D eigenvalue weighted by Crippen LogP contribution is 2.51. The molecule has 53 heavy (non-hydrogen) atoms. The van der Waals surface area contributed by atoms with Crippen molar-refractivity contribution in [3.05, 3.63) is 95.1 Å². The van der Waals surface area contributed by atoms with Crippen molar-refractivity contribution in [3.8, 4) is 46.0 Å². The SMILES string of the molecule is COc1ccc([C@@H](O)[C@H](C)Oc2ccc([C@H]3O[C@@H](c4ccc(O[C@@H](C)[C@@H](O)c5ccc(OC)c(OC)c5)c(OC)c4)[C@@H](C)[C@@H]3C)cc2OC)cc1OC. The highest BCUT2D eigenvalue weighted by molar-refractivity contribution is 5.48. The van der Waals surface area contributed by atoms with E-state index in [-0.39, 0.29) is 24.0 Å². The molecule has 1 heterocycles. The Balaban J connectivity index is 1.29. The molecule has 0 spiro atoms. The van der Waals surface area contributed by atoms with Gasteiger partial charge in [-0.1, -0.05) is 38.1 Å². The zero-order valence-electron chi connectivity index (χ0n) is 32.1. The number of ether oxygens (including phenoxy) is 9. The third-order valence-electron chi connectivity index (χ3n) is 10.1. The van der Waals surface area contributed by atoms with E-state index in [1.165, 1.54) is 0 Å². The molecule has 0 bridgehead atoms. The van der Waals surface area contributed by atoms with Crippen LogP contribution in [0.25, 0.3) is 0 Å². The van der Waals surface area contributed by atoms with Gasteiger partial charge in [0.05, 0.1) is 54.9 Å². The molecule has 1 aliphatic rings. The van der Waals surface area contributed by atoms with Gasteiger partial charge < -0.3 is 52.8 Å². The molecule has 4 aromatic carbocycles. The summed E-state index contributed by atoms with van der Waals surface area (Å²) in [7, 11) is 9.43. The molecule has 286 valence electrons. The van der Waals surface area contributed by atoms with E-state index in [4.69, 9.17) is 42.6 Å². The molecule has 0 radical (unpaired) electrons. The van der Waals surface area contributed by atoms with Gasteiger partial charge in [-0.15, -0.1) is 0 Å². The standard InChI is InChI=1S/C42H52O11/c1-23-24(2)42(30-14-18-34(38(22-30)50-10)52-26(4)40(44)28-12-16-32(46-6)36(20-28)48-8)53-41(23)29-13-17-33(37(21-29)49-9)51-25(3)39(43)27-11-15-31(45-5)35(19-27)47-7/h11-26,39-44H,1-10H3/t23-,24-,25-,26-,39-,40+,41-,42+/m0/s1. The first-order valence-corrected chi connectivity index (χ1v) is 17.6. The molecule has 5 rings (SSSR count). The average molecular weight is 733 g/mol. The Morgan fingerprint density at radius 3 is 1.11 bits per heavy atom. The zero-order chi connectivity index (χ0) is 38.4. The van der Waals surface area contributed by atoms with Gasteiger partial charge in [0.15, 0.2) is 46.0 Å². The molecule has 2 N–H and O–H groups in total. The van der Waals surface area contributed by atoms with E-state index in [1.54, 1.807) is 92.9 Å². The first-order chi connectivity index (χ1) is 25.5. The van der Waals surface area contributed by atoms with Crippen LogP contribution in [0.1, 0.15) is 74.4 Å². The molecular formula is C42H52O11. The van der Waals surface area contributed by atoms with Crippen molar-refractivity contribution in [2.45, 2.75) is 64.3 Å². The van der Waals surface area contributed by atoms with Crippen LogP contribution in [-0.2, 0) is 4.74 Å². The number of aliphatic hydroxyl groups excluding tert-OH is 2. The van der Waals surface area contributed by atoms with Gasteiger partial charge in [-0.05, 0) is 96.5 Å². The lowest BCUT2D eigenvalue weighted by atomic mass is 9.85. The van der Waals surface area contributed by atoms with E-state index in [0.29, 0.717) is 57.1 Å². The molecule has 1 saturated heterocycles. The molecule has 11 nitrogen and oxygen atoms in total. The van der Waals surface area contributed by atoms with Crippen LogP contribution in [-0.4, -0.2) is 65.1 Å². The van der Waals surface area contributed by atoms with Crippen molar-refractivity contribution < 1.29 is 52.8 Å². The Labute approximate surface area is 312 Å². The van der Waals surface area contributed by atoms with E-state index in [0.717, 1.165) is 11.1 Å². The minimum atomic E-state index is -0.932. The maximum absolute atomic E-state index is 11.1. The van der Waals surface area contributed by atoms with E-state index < -0.39 is 24.4 Å². The summed E-state index contributed by atoms with van der Waals surface area (Å²) < 4.78 is 52.2. The third kappa shape index (κ3) is 8.38. The summed E-state index contributed by atoms with van der Waals surface area (Å²) >= 11 is 0. The second-order valence-corrected chi connectivity index (χ2v) is 13.3. The summed E-state index contributed by atoms with van der Waals surface area (Å²) in [6.45, 7) is 7.96. The number of hydrogen-bond donors (Lipinski definition) is 2. The van der Waals surface area contributed by atoms with Crippen LogP contribution < -0.4 is 37.9 Å². The van der Waals surface area contributed by atoms with Gasteiger partial charge in [0, 0.05) is 0 Å². The van der Waals surface area contributed by atoms with Crippen LogP contribution in [0.2, 0.25) is 0 Å². The monoisotopic (exact) mass is 732 g/mol. The van der Waals surface area contributed by atoms with Gasteiger partial charge in [0.1, 0.15) is 24.4 Å². The largest absolute Gasteiger partial charge is 0.493 e. The van der Waals surface area contributed by atoms with Gasteiger partial charge in [-0.25, -0.2) is 0 Å². The second-order valence-electron chi connectivity index (χ2n) is 13.3. The maximum atomic E-state index is 11.1. The highest BCUT2D eigenvalue weighted by atomic mass is 16.5. The Morgan fingerprint density at radius 1 is 0.453 bits per heavy atom. The van der Waals surface area contributed by atoms with E-state index in [2.05, 4.69) is 13.8 Å². The molecule has 0 saturated carbocycles. The Kier molecular flexibility index (Phi) is 12.9. The smallest absolute Gasteiger partial charge is 0.161 e. The van der Waals surface area contributed by atoms with E-state index in [9.17, 15) is 10.2 Å².